The summed E-state index contributed by atoms with van der Waals surface area (Å²) in [6.45, 7) is 0. The van der Waals surface area contributed by atoms with Crippen molar-refractivity contribution in [1.82, 2.24) is 0 Å². The molecule has 0 radical (unpaired) electrons. The monoisotopic (exact) mass is 166 g/mol. The molecule has 1 aromatic carbocycles. The van der Waals surface area contributed by atoms with Crippen LogP contribution in [0.1, 0.15) is 0 Å². The Morgan fingerprint density at radius 3 is 2.10 bits per heavy atom. The number of methoxy groups -OCH3 is 1. The van der Waals surface area contributed by atoms with Crippen LogP contribution in [0.15, 0.2) is 24.3 Å². The Morgan fingerprint density at radius 2 is 1.80 bits per heavy atom. The normalized spacial score (nSPS) is 6.90. The number of ether oxygens (including phenoxy) is 1. The summed E-state index contributed by atoms with van der Waals surface area (Å²) in [5, 5.41) is 0. The van der Waals surface area contributed by atoms with Gasteiger partial charge >= 0.3 is 23.1 Å². The first-order valence-corrected chi connectivity index (χ1v) is 2.43. The molecule has 0 aliphatic heterocycles. The van der Waals surface area contributed by atoms with Crippen molar-refractivity contribution in [2.45, 2.75) is 0 Å². The molecule has 0 fully saturated rings. The molecule has 0 atom stereocenters. The van der Waals surface area contributed by atoms with Gasteiger partial charge in [0.15, 0.2) is 0 Å². The second kappa shape index (κ2) is 7.19. The molecule has 0 heterocycles. The van der Waals surface area contributed by atoms with Gasteiger partial charge in [-0.05, 0) is 0 Å². The first-order valence-electron chi connectivity index (χ1n) is 2.43. The molecule has 1 aromatic rings. The van der Waals surface area contributed by atoms with Gasteiger partial charge < -0.3 is 17.1 Å². The summed E-state index contributed by atoms with van der Waals surface area (Å²) < 4.78 is 4.89. The van der Waals surface area contributed by atoms with Crippen LogP contribution in [0, 0.1) is 6.07 Å². The van der Waals surface area contributed by atoms with E-state index in [-0.39, 0.29) is 35.5 Å². The van der Waals surface area contributed by atoms with Gasteiger partial charge in [-0.2, -0.15) is 18.2 Å². The largest absolute Gasteiger partial charge is 2.00 e. The minimum Gasteiger partial charge on any atom is -1.00 e. The zero-order valence-corrected chi connectivity index (χ0v) is 7.97. The Bertz CT molecular complexity index is 155. The molecular weight excluding hydrogens is 160 g/mol. The van der Waals surface area contributed by atoms with Crippen molar-refractivity contribution < 1.29 is 17.1 Å². The van der Waals surface area contributed by atoms with Gasteiger partial charge in [0.25, 0.3) is 0 Å². The van der Waals surface area contributed by atoms with Crippen LogP contribution in [0.25, 0.3) is 0 Å². The van der Waals surface area contributed by atoms with E-state index in [9.17, 15) is 0 Å². The summed E-state index contributed by atoms with van der Waals surface area (Å²) in [5.41, 5.74) is 0. The summed E-state index contributed by atoms with van der Waals surface area (Å²) in [6.07, 6.45) is 0. The van der Waals surface area contributed by atoms with E-state index >= 15 is 0 Å². The predicted octanol–water partition coefficient (Wildman–Crippen LogP) is -1.88. The molecule has 0 spiro atoms. The van der Waals surface area contributed by atoms with Crippen molar-refractivity contribution >= 4 is 23.1 Å². The molecule has 0 saturated heterocycles. The number of hydrogen-bond donors (Lipinski definition) is 0. The van der Waals surface area contributed by atoms with Crippen molar-refractivity contribution in [3.8, 4) is 5.75 Å². The standard InChI is InChI=1S/C7H7O.ClH.Mg/c1-8-7-5-3-2-4-6-7;;/h3-6H,1H3;1H;/q-1;;+2/p-1. The first-order chi connectivity index (χ1) is 3.93. The van der Waals surface area contributed by atoms with Crippen molar-refractivity contribution in [3.05, 3.63) is 30.3 Å². The van der Waals surface area contributed by atoms with Crippen LogP contribution in [0.2, 0.25) is 0 Å². The molecule has 0 aromatic heterocycles. The van der Waals surface area contributed by atoms with Gasteiger partial charge in [0.2, 0.25) is 0 Å². The summed E-state index contributed by atoms with van der Waals surface area (Å²) in [4.78, 5) is 0. The van der Waals surface area contributed by atoms with Crippen molar-refractivity contribution in [2.75, 3.05) is 7.11 Å². The fraction of sp³-hybridized carbons (Fsp3) is 0.143. The van der Waals surface area contributed by atoms with Gasteiger partial charge in [-0.15, -0.1) is 12.1 Å². The Balaban J connectivity index is 0. The van der Waals surface area contributed by atoms with E-state index in [1.807, 2.05) is 24.3 Å². The minimum atomic E-state index is 0. The maximum Gasteiger partial charge on any atom is 2.00 e. The van der Waals surface area contributed by atoms with Crippen LogP contribution in [-0.4, -0.2) is 30.2 Å². The maximum atomic E-state index is 4.89. The topological polar surface area (TPSA) is 9.23 Å². The van der Waals surface area contributed by atoms with Crippen molar-refractivity contribution in [1.29, 1.82) is 0 Å². The van der Waals surface area contributed by atoms with Gasteiger partial charge in [0, 0.05) is 5.75 Å². The Kier molecular flexibility index (Phi) is 9.15. The Morgan fingerprint density at radius 1 is 1.30 bits per heavy atom. The molecule has 0 bridgehead atoms. The third-order valence-electron chi connectivity index (χ3n) is 0.923. The van der Waals surface area contributed by atoms with E-state index in [0.717, 1.165) is 5.75 Å². The zero-order chi connectivity index (χ0) is 5.82. The SMILES string of the molecule is COc1cc[c-]cc1.[Cl-].[Mg+2]. The zero-order valence-electron chi connectivity index (χ0n) is 5.80. The van der Waals surface area contributed by atoms with Crippen LogP contribution in [0.3, 0.4) is 0 Å². The van der Waals surface area contributed by atoms with Gasteiger partial charge in [-0.3, -0.25) is 0 Å². The van der Waals surface area contributed by atoms with E-state index in [1.54, 1.807) is 7.11 Å². The van der Waals surface area contributed by atoms with Gasteiger partial charge in [0.1, 0.15) is 0 Å². The van der Waals surface area contributed by atoms with E-state index in [4.69, 9.17) is 4.74 Å². The Hall–Kier alpha value is 0.0762. The molecule has 3 heteroatoms. The molecule has 0 aliphatic rings. The Labute approximate surface area is 83.3 Å². The predicted molar refractivity (Wildman–Crippen MR) is 37.6 cm³/mol. The molecule has 0 saturated carbocycles. The van der Waals surface area contributed by atoms with Gasteiger partial charge in [-0.25, -0.2) is 0 Å². The van der Waals surface area contributed by atoms with Crippen LogP contribution in [-0.2, 0) is 0 Å². The molecule has 1 nitrogen and oxygen atoms in total. The van der Waals surface area contributed by atoms with E-state index < -0.39 is 0 Å². The molecule has 10 heavy (non-hydrogen) atoms. The van der Waals surface area contributed by atoms with Crippen LogP contribution in [0.5, 0.6) is 5.75 Å². The second-order valence-corrected chi connectivity index (χ2v) is 1.44. The molecular formula is C7H7ClMgO. The molecule has 1 rings (SSSR count). The first kappa shape index (κ1) is 12.7. The number of hydrogen-bond acceptors (Lipinski definition) is 1. The quantitative estimate of drug-likeness (QED) is 0.351. The number of rotatable bonds is 1. The summed E-state index contributed by atoms with van der Waals surface area (Å²) in [5.74, 6) is 0.878. The van der Waals surface area contributed by atoms with Gasteiger partial charge in [-0.1, -0.05) is 0 Å². The van der Waals surface area contributed by atoms with Crippen molar-refractivity contribution in [3.63, 3.8) is 0 Å². The summed E-state index contributed by atoms with van der Waals surface area (Å²) in [6, 6.07) is 10.2. The number of halogens is 1. The average Bonchev–Trinajstić information content (AvgIpc) is 1.90. The summed E-state index contributed by atoms with van der Waals surface area (Å²) >= 11 is 0. The molecule has 0 N–H and O–H groups in total. The van der Waals surface area contributed by atoms with E-state index in [2.05, 4.69) is 6.07 Å². The van der Waals surface area contributed by atoms with E-state index in [1.165, 1.54) is 0 Å². The maximum absolute atomic E-state index is 4.89. The van der Waals surface area contributed by atoms with Crippen LogP contribution < -0.4 is 17.1 Å². The second-order valence-electron chi connectivity index (χ2n) is 1.44. The van der Waals surface area contributed by atoms with Gasteiger partial charge in [0.05, 0.1) is 7.11 Å². The average molecular weight is 167 g/mol. The van der Waals surface area contributed by atoms with Crippen LogP contribution in [0.4, 0.5) is 0 Å². The summed E-state index contributed by atoms with van der Waals surface area (Å²) in [7, 11) is 1.65. The minimum absolute atomic E-state index is 0. The van der Waals surface area contributed by atoms with Crippen LogP contribution >= 0.6 is 0 Å². The smallest absolute Gasteiger partial charge is 1.00 e. The molecule has 0 amide bonds. The third kappa shape index (κ3) is 3.98. The van der Waals surface area contributed by atoms with E-state index in [0.29, 0.717) is 0 Å². The fourth-order valence-corrected chi connectivity index (χ4v) is 0.508. The molecule has 0 unspecified atom stereocenters. The number of benzene rings is 1. The third-order valence-corrected chi connectivity index (χ3v) is 0.923. The fourth-order valence-electron chi connectivity index (χ4n) is 0.508. The molecule has 0 aliphatic carbocycles. The van der Waals surface area contributed by atoms with Crippen molar-refractivity contribution in [2.24, 2.45) is 0 Å². The molecule has 50 valence electrons.